The summed E-state index contributed by atoms with van der Waals surface area (Å²) in [6, 6.07) is 3.23. The Labute approximate surface area is 127 Å². The molecule has 0 bridgehead atoms. The van der Waals surface area contributed by atoms with Gasteiger partial charge in [-0.25, -0.2) is 18.1 Å². The minimum atomic E-state index is -3.51. The van der Waals surface area contributed by atoms with Crippen LogP contribution in [-0.2, 0) is 10.0 Å². The van der Waals surface area contributed by atoms with Crippen LogP contribution in [0.25, 0.3) is 0 Å². The highest BCUT2D eigenvalue weighted by atomic mass is 32.2. The van der Waals surface area contributed by atoms with Crippen LogP contribution in [0, 0.1) is 0 Å². The summed E-state index contributed by atoms with van der Waals surface area (Å²) >= 11 is 0. The number of sulfonamides is 1. The summed E-state index contributed by atoms with van der Waals surface area (Å²) in [6.07, 6.45) is 4.93. The van der Waals surface area contributed by atoms with Gasteiger partial charge in [0, 0.05) is 25.8 Å². The first-order chi connectivity index (χ1) is 10.1. The number of pyridine rings is 1. The fourth-order valence-electron chi connectivity index (χ4n) is 2.41. The lowest BCUT2D eigenvalue weighted by molar-refractivity contribution is 0.344. The van der Waals surface area contributed by atoms with Gasteiger partial charge in [-0.3, -0.25) is 0 Å². The molecule has 1 saturated heterocycles. The molecule has 0 aromatic carbocycles. The van der Waals surface area contributed by atoms with E-state index in [0.717, 1.165) is 26.1 Å². The van der Waals surface area contributed by atoms with Crippen molar-refractivity contribution >= 4 is 15.8 Å². The van der Waals surface area contributed by atoms with Crippen molar-refractivity contribution in [2.75, 3.05) is 38.0 Å². The number of anilines is 1. The lowest BCUT2D eigenvalue weighted by Gasteiger charge is -2.16. The molecule has 2 N–H and O–H groups in total. The van der Waals surface area contributed by atoms with Crippen LogP contribution in [0.4, 0.5) is 5.82 Å². The van der Waals surface area contributed by atoms with E-state index < -0.39 is 10.0 Å². The lowest BCUT2D eigenvalue weighted by atomic mass is 10.4. The van der Waals surface area contributed by atoms with Crippen LogP contribution in [0.15, 0.2) is 23.2 Å². The van der Waals surface area contributed by atoms with Crippen LogP contribution in [-0.4, -0.2) is 51.0 Å². The highest BCUT2D eigenvalue weighted by Crippen LogP contribution is 2.17. The van der Waals surface area contributed by atoms with Gasteiger partial charge in [-0.2, -0.15) is 0 Å². The van der Waals surface area contributed by atoms with Crippen molar-refractivity contribution in [3.63, 3.8) is 0 Å². The van der Waals surface area contributed by atoms with Gasteiger partial charge in [0.05, 0.1) is 0 Å². The summed E-state index contributed by atoms with van der Waals surface area (Å²) in [5, 5.41) is 3.06. The molecular weight excluding hydrogens is 288 g/mol. The second-order valence-electron chi connectivity index (χ2n) is 5.22. The predicted octanol–water partition coefficient (Wildman–Crippen LogP) is 1.28. The summed E-state index contributed by atoms with van der Waals surface area (Å²) in [5.41, 5.74) is 0. The third-order valence-electron chi connectivity index (χ3n) is 3.52. The average Bonchev–Trinajstić information content (AvgIpc) is 2.98. The number of hydrogen-bond acceptors (Lipinski definition) is 5. The number of nitrogens with one attached hydrogen (secondary N) is 2. The van der Waals surface area contributed by atoms with Crippen molar-refractivity contribution in [2.45, 2.75) is 31.1 Å². The van der Waals surface area contributed by atoms with Gasteiger partial charge in [0.25, 0.3) is 0 Å². The first-order valence-electron chi connectivity index (χ1n) is 7.54. The highest BCUT2D eigenvalue weighted by Gasteiger charge is 2.19. The predicted molar refractivity (Wildman–Crippen MR) is 83.9 cm³/mol. The Kier molecular flexibility index (Phi) is 5.96. The van der Waals surface area contributed by atoms with E-state index in [1.807, 2.05) is 6.92 Å². The van der Waals surface area contributed by atoms with Gasteiger partial charge >= 0.3 is 0 Å². The third-order valence-corrected chi connectivity index (χ3v) is 5.01. The molecule has 2 heterocycles. The van der Waals surface area contributed by atoms with Gasteiger partial charge in [-0.15, -0.1) is 0 Å². The van der Waals surface area contributed by atoms with E-state index in [9.17, 15) is 8.42 Å². The van der Waals surface area contributed by atoms with Gasteiger partial charge < -0.3 is 10.2 Å². The van der Waals surface area contributed by atoms with Crippen LogP contribution < -0.4 is 10.0 Å². The maximum Gasteiger partial charge on any atom is 0.244 e. The summed E-state index contributed by atoms with van der Waals surface area (Å²) in [4.78, 5) is 6.63. The minimum Gasteiger partial charge on any atom is -0.369 e. The number of nitrogens with zero attached hydrogens (tertiary/aromatic N) is 2. The highest BCUT2D eigenvalue weighted by molar-refractivity contribution is 7.89. The van der Waals surface area contributed by atoms with Gasteiger partial charge in [0.15, 0.2) is 0 Å². The molecule has 0 radical (unpaired) electrons. The van der Waals surface area contributed by atoms with E-state index in [0.29, 0.717) is 18.9 Å². The quantitative estimate of drug-likeness (QED) is 0.756. The van der Waals surface area contributed by atoms with E-state index in [1.165, 1.54) is 12.8 Å². The molecule has 0 unspecified atom stereocenters. The Morgan fingerprint density at radius 2 is 2.05 bits per heavy atom. The van der Waals surface area contributed by atoms with Gasteiger partial charge in [0.2, 0.25) is 10.0 Å². The zero-order chi connectivity index (χ0) is 15.1. The standard InChI is InChI=1S/C14H24N4O2S/c1-2-7-15-14-13(6-5-8-16-14)21(19,20)17-9-12-18-10-3-4-11-18/h5-6,8,17H,2-4,7,9-12H2,1H3,(H,15,16). The molecule has 6 nitrogen and oxygen atoms in total. The molecule has 1 aromatic rings. The van der Waals surface area contributed by atoms with Crippen LogP contribution in [0.5, 0.6) is 0 Å². The van der Waals surface area contributed by atoms with E-state index in [-0.39, 0.29) is 4.90 Å². The molecular formula is C14H24N4O2S. The van der Waals surface area contributed by atoms with Gasteiger partial charge in [-0.1, -0.05) is 6.92 Å². The Bertz CT molecular complexity index is 542. The van der Waals surface area contributed by atoms with Crippen molar-refractivity contribution in [1.29, 1.82) is 0 Å². The second kappa shape index (κ2) is 7.72. The largest absolute Gasteiger partial charge is 0.369 e. The van der Waals surface area contributed by atoms with Crippen molar-refractivity contribution < 1.29 is 8.42 Å². The summed E-state index contributed by atoms with van der Waals surface area (Å²) in [7, 11) is -3.51. The first-order valence-corrected chi connectivity index (χ1v) is 9.02. The molecule has 0 spiro atoms. The molecule has 118 valence electrons. The van der Waals surface area contributed by atoms with E-state index >= 15 is 0 Å². The molecule has 1 aliphatic rings. The number of hydrogen-bond donors (Lipinski definition) is 2. The Morgan fingerprint density at radius 3 is 2.76 bits per heavy atom. The van der Waals surface area contributed by atoms with Crippen LogP contribution in [0.3, 0.4) is 0 Å². The van der Waals surface area contributed by atoms with E-state index in [2.05, 4.69) is 19.9 Å². The molecule has 1 fully saturated rings. The summed E-state index contributed by atoms with van der Waals surface area (Å²) < 4.78 is 27.4. The molecule has 1 aliphatic heterocycles. The fourth-order valence-corrected chi connectivity index (χ4v) is 3.56. The Balaban J connectivity index is 1.97. The summed E-state index contributed by atoms with van der Waals surface area (Å²) in [5.74, 6) is 0.424. The SMILES string of the molecule is CCCNc1ncccc1S(=O)(=O)NCCN1CCCC1. The molecule has 0 saturated carbocycles. The zero-order valence-corrected chi connectivity index (χ0v) is 13.3. The maximum atomic E-state index is 12.4. The molecule has 7 heteroatoms. The third kappa shape index (κ3) is 4.66. The molecule has 1 aromatic heterocycles. The van der Waals surface area contributed by atoms with Crippen LogP contribution >= 0.6 is 0 Å². The van der Waals surface area contributed by atoms with Crippen molar-refractivity contribution in [3.8, 4) is 0 Å². The van der Waals surface area contributed by atoms with Crippen molar-refractivity contribution in [1.82, 2.24) is 14.6 Å². The topological polar surface area (TPSA) is 74.3 Å². The monoisotopic (exact) mass is 312 g/mol. The molecule has 2 rings (SSSR count). The number of likely N-dealkylation sites (tertiary alicyclic amines) is 1. The fraction of sp³-hybridized carbons (Fsp3) is 0.643. The smallest absolute Gasteiger partial charge is 0.244 e. The van der Waals surface area contributed by atoms with Gasteiger partial charge in [0.1, 0.15) is 10.7 Å². The molecule has 0 aliphatic carbocycles. The Hall–Kier alpha value is -1.18. The Morgan fingerprint density at radius 1 is 1.29 bits per heavy atom. The van der Waals surface area contributed by atoms with Crippen molar-refractivity contribution in [2.24, 2.45) is 0 Å². The average molecular weight is 312 g/mol. The summed E-state index contributed by atoms with van der Waals surface area (Å²) in [6.45, 7) is 6.06. The first kappa shape index (κ1) is 16.2. The normalized spacial score (nSPS) is 16.2. The lowest BCUT2D eigenvalue weighted by Crippen LogP contribution is -2.33. The van der Waals surface area contributed by atoms with Crippen LogP contribution in [0.2, 0.25) is 0 Å². The molecule has 21 heavy (non-hydrogen) atoms. The van der Waals surface area contributed by atoms with Crippen LogP contribution in [0.1, 0.15) is 26.2 Å². The van der Waals surface area contributed by atoms with E-state index in [4.69, 9.17) is 0 Å². The van der Waals surface area contributed by atoms with Crippen molar-refractivity contribution in [3.05, 3.63) is 18.3 Å². The second-order valence-corrected chi connectivity index (χ2v) is 6.96. The molecule has 0 amide bonds. The molecule has 0 atom stereocenters. The maximum absolute atomic E-state index is 12.4. The van der Waals surface area contributed by atoms with E-state index in [1.54, 1.807) is 18.3 Å². The zero-order valence-electron chi connectivity index (χ0n) is 12.5. The minimum absolute atomic E-state index is 0.222. The van der Waals surface area contributed by atoms with Gasteiger partial charge in [-0.05, 0) is 44.5 Å². The number of rotatable bonds is 8. The number of aromatic nitrogens is 1.